The molecule has 3 aromatic rings. The van der Waals surface area contributed by atoms with E-state index in [1.54, 1.807) is 13.2 Å². The van der Waals surface area contributed by atoms with Gasteiger partial charge in [0.2, 0.25) is 0 Å². The highest BCUT2D eigenvalue weighted by molar-refractivity contribution is 7.16. The molecule has 4 nitrogen and oxygen atoms in total. The molecule has 0 N–H and O–H groups in total. The van der Waals surface area contributed by atoms with Crippen molar-refractivity contribution in [3.63, 3.8) is 0 Å². The Morgan fingerprint density at radius 3 is 2.90 bits per heavy atom. The van der Waals surface area contributed by atoms with Crippen LogP contribution in [0.4, 0.5) is 0 Å². The Bertz CT molecular complexity index is 829. The van der Waals surface area contributed by atoms with Crippen LogP contribution in [0.5, 0.6) is 5.75 Å². The molecule has 0 saturated heterocycles. The number of nitrogens with zero attached hydrogens (tertiary/aromatic N) is 2. The van der Waals surface area contributed by atoms with Crippen LogP contribution in [-0.4, -0.2) is 17.6 Å². The number of fused-ring (bicyclic) bond motifs is 1. The van der Waals surface area contributed by atoms with E-state index in [2.05, 4.69) is 4.99 Å². The van der Waals surface area contributed by atoms with Gasteiger partial charge in [-0.2, -0.15) is 4.99 Å². The maximum Gasteiger partial charge on any atom is 0.289 e. The van der Waals surface area contributed by atoms with Crippen molar-refractivity contribution in [3.05, 3.63) is 45.4 Å². The van der Waals surface area contributed by atoms with Crippen LogP contribution in [0.15, 0.2) is 40.7 Å². The molecule has 0 saturated carbocycles. The summed E-state index contributed by atoms with van der Waals surface area (Å²) in [7, 11) is 3.55. The molecule has 0 unspecified atom stereocenters. The molecule has 2 heterocycles. The smallest absolute Gasteiger partial charge is 0.289 e. The maximum atomic E-state index is 12.0. The molecule has 0 aliphatic rings. The van der Waals surface area contributed by atoms with Gasteiger partial charge < -0.3 is 9.30 Å². The normalized spacial score (nSPS) is 12.0. The van der Waals surface area contributed by atoms with Gasteiger partial charge in [0.05, 0.1) is 22.2 Å². The predicted octanol–water partition coefficient (Wildman–Crippen LogP) is 3.05. The number of aryl methyl sites for hydroxylation is 1. The Balaban J connectivity index is 2.12. The monoisotopic (exact) mass is 304 g/mol. The number of thiazole rings is 1. The van der Waals surface area contributed by atoms with E-state index in [9.17, 15) is 4.79 Å². The van der Waals surface area contributed by atoms with Crippen molar-refractivity contribution in [1.82, 2.24) is 4.57 Å². The lowest BCUT2D eigenvalue weighted by atomic mass is 10.3. The van der Waals surface area contributed by atoms with Crippen LogP contribution in [0.3, 0.4) is 0 Å². The van der Waals surface area contributed by atoms with Gasteiger partial charge >= 0.3 is 0 Å². The predicted molar refractivity (Wildman–Crippen MR) is 81.6 cm³/mol. The summed E-state index contributed by atoms with van der Waals surface area (Å²) in [5.41, 5.74) is 1.04. The van der Waals surface area contributed by atoms with Crippen molar-refractivity contribution in [2.45, 2.75) is 0 Å². The molecule has 0 aliphatic carbocycles. The molecule has 0 radical (unpaired) electrons. The Kier molecular flexibility index (Phi) is 3.42. The largest absolute Gasteiger partial charge is 0.497 e. The van der Waals surface area contributed by atoms with E-state index < -0.39 is 0 Å². The molecular weight excluding hydrogens is 292 g/mol. The minimum Gasteiger partial charge on any atom is -0.497 e. The molecule has 0 atom stereocenters. The van der Waals surface area contributed by atoms with Gasteiger partial charge in [-0.1, -0.05) is 17.4 Å². The van der Waals surface area contributed by atoms with Crippen molar-refractivity contribution in [2.24, 2.45) is 12.0 Å². The van der Waals surface area contributed by atoms with Crippen LogP contribution >= 0.6 is 22.7 Å². The van der Waals surface area contributed by atoms with Gasteiger partial charge in [0.15, 0.2) is 4.80 Å². The highest BCUT2D eigenvalue weighted by Crippen LogP contribution is 2.22. The summed E-state index contributed by atoms with van der Waals surface area (Å²) >= 11 is 2.88. The van der Waals surface area contributed by atoms with Crippen LogP contribution in [0.1, 0.15) is 9.67 Å². The third-order valence-corrected chi connectivity index (χ3v) is 4.90. The third-order valence-electron chi connectivity index (χ3n) is 2.95. The number of thiophene rings is 1. The van der Waals surface area contributed by atoms with Gasteiger partial charge in [-0.05, 0) is 29.6 Å². The van der Waals surface area contributed by atoms with E-state index in [0.717, 1.165) is 16.0 Å². The average Bonchev–Trinajstić information content (AvgIpc) is 3.08. The van der Waals surface area contributed by atoms with E-state index >= 15 is 0 Å². The second-order valence-corrected chi connectivity index (χ2v) is 6.13. The summed E-state index contributed by atoms with van der Waals surface area (Å²) < 4.78 is 8.18. The molecule has 0 fully saturated rings. The second-order valence-electron chi connectivity index (χ2n) is 4.17. The summed E-state index contributed by atoms with van der Waals surface area (Å²) in [6.07, 6.45) is 0. The topological polar surface area (TPSA) is 43.6 Å². The van der Waals surface area contributed by atoms with Gasteiger partial charge in [0.25, 0.3) is 5.91 Å². The number of ether oxygens (including phenoxy) is 1. The minimum atomic E-state index is -0.200. The molecule has 0 spiro atoms. The third kappa shape index (κ3) is 2.28. The quantitative estimate of drug-likeness (QED) is 0.730. The number of hydrogen-bond donors (Lipinski definition) is 0. The standard InChI is InChI=1S/C14H12N2O2S2/c1-16-10-6-5-9(18-2)8-12(10)20-14(16)15-13(17)11-4-3-7-19-11/h3-8H,1-2H3. The molecule has 1 amide bonds. The average molecular weight is 304 g/mol. The van der Waals surface area contributed by atoms with Crippen LogP contribution in [0.25, 0.3) is 10.2 Å². The van der Waals surface area contributed by atoms with Crippen molar-refractivity contribution in [3.8, 4) is 5.75 Å². The number of aromatic nitrogens is 1. The summed E-state index contributed by atoms with van der Waals surface area (Å²) in [5, 5.41) is 1.87. The second kappa shape index (κ2) is 5.22. The van der Waals surface area contributed by atoms with Gasteiger partial charge in [0, 0.05) is 7.05 Å². The molecule has 0 aliphatic heterocycles. The Labute approximate surface area is 123 Å². The van der Waals surface area contributed by atoms with E-state index in [0.29, 0.717) is 9.68 Å². The van der Waals surface area contributed by atoms with Crippen molar-refractivity contribution in [1.29, 1.82) is 0 Å². The zero-order valence-electron chi connectivity index (χ0n) is 11.0. The molecular formula is C14H12N2O2S2. The van der Waals surface area contributed by atoms with Gasteiger partial charge in [0.1, 0.15) is 5.75 Å². The first-order chi connectivity index (χ1) is 9.69. The summed E-state index contributed by atoms with van der Waals surface area (Å²) in [5.74, 6) is 0.601. The molecule has 3 rings (SSSR count). The van der Waals surface area contributed by atoms with E-state index in [1.807, 2.05) is 41.3 Å². The van der Waals surface area contributed by atoms with Crippen molar-refractivity contribution >= 4 is 38.8 Å². The molecule has 1 aromatic carbocycles. The van der Waals surface area contributed by atoms with Gasteiger partial charge in [-0.15, -0.1) is 11.3 Å². The van der Waals surface area contributed by atoms with Crippen LogP contribution in [0, 0.1) is 0 Å². The highest BCUT2D eigenvalue weighted by Gasteiger charge is 2.08. The molecule has 0 bridgehead atoms. The molecule has 6 heteroatoms. The first-order valence-corrected chi connectivity index (χ1v) is 7.65. The Morgan fingerprint density at radius 1 is 1.35 bits per heavy atom. The number of methoxy groups -OCH3 is 1. The van der Waals surface area contributed by atoms with E-state index in [1.165, 1.54) is 22.7 Å². The van der Waals surface area contributed by atoms with Gasteiger partial charge in [-0.3, -0.25) is 4.79 Å². The Hall–Kier alpha value is -1.92. The number of hydrogen-bond acceptors (Lipinski definition) is 4. The van der Waals surface area contributed by atoms with Crippen LogP contribution in [-0.2, 0) is 7.05 Å². The fourth-order valence-corrected chi connectivity index (χ4v) is 3.54. The number of benzene rings is 1. The Morgan fingerprint density at radius 2 is 2.20 bits per heavy atom. The fourth-order valence-electron chi connectivity index (χ4n) is 1.89. The van der Waals surface area contributed by atoms with Crippen LogP contribution in [0.2, 0.25) is 0 Å². The van der Waals surface area contributed by atoms with Crippen LogP contribution < -0.4 is 9.54 Å². The first kappa shape index (κ1) is 13.1. The number of rotatable bonds is 2. The van der Waals surface area contributed by atoms with E-state index in [-0.39, 0.29) is 5.91 Å². The number of carbonyl (C=O) groups is 1. The zero-order valence-corrected chi connectivity index (χ0v) is 12.6. The summed E-state index contributed by atoms with van der Waals surface area (Å²) in [6, 6.07) is 9.46. The van der Waals surface area contributed by atoms with Gasteiger partial charge in [-0.25, -0.2) is 0 Å². The van der Waals surface area contributed by atoms with Crippen molar-refractivity contribution in [2.75, 3.05) is 7.11 Å². The first-order valence-electron chi connectivity index (χ1n) is 5.95. The minimum absolute atomic E-state index is 0.200. The molecule has 2 aromatic heterocycles. The molecule has 102 valence electrons. The maximum absolute atomic E-state index is 12.0. The SMILES string of the molecule is COc1ccc2c(c1)sc(=NC(=O)c1cccs1)n2C. The summed E-state index contributed by atoms with van der Waals surface area (Å²) in [6.45, 7) is 0. The lowest BCUT2D eigenvalue weighted by Crippen LogP contribution is -2.12. The summed E-state index contributed by atoms with van der Waals surface area (Å²) in [4.78, 5) is 17.6. The van der Waals surface area contributed by atoms with E-state index in [4.69, 9.17) is 4.74 Å². The van der Waals surface area contributed by atoms with Crippen molar-refractivity contribution < 1.29 is 9.53 Å². The number of amides is 1. The number of carbonyl (C=O) groups excluding carboxylic acids is 1. The lowest BCUT2D eigenvalue weighted by molar-refractivity contribution is 0.100. The fraction of sp³-hybridized carbons (Fsp3) is 0.143. The molecule has 20 heavy (non-hydrogen) atoms. The zero-order chi connectivity index (χ0) is 14.1. The lowest BCUT2D eigenvalue weighted by Gasteiger charge is -1.99. The highest BCUT2D eigenvalue weighted by atomic mass is 32.1.